The summed E-state index contributed by atoms with van der Waals surface area (Å²) in [5, 5.41) is 0. The van der Waals surface area contributed by atoms with E-state index in [2.05, 4.69) is 24.0 Å². The second-order valence-corrected chi connectivity index (χ2v) is 7.99. The summed E-state index contributed by atoms with van der Waals surface area (Å²) < 4.78 is 32.0. The van der Waals surface area contributed by atoms with Gasteiger partial charge in [-0.15, -0.1) is 0 Å². The van der Waals surface area contributed by atoms with E-state index >= 15 is 0 Å². The highest BCUT2D eigenvalue weighted by molar-refractivity contribution is 5.46. The van der Waals surface area contributed by atoms with Crippen LogP contribution in [0.3, 0.4) is 0 Å². The number of hydrogen-bond acceptors (Lipinski definition) is 3. The second kappa shape index (κ2) is 8.84. The predicted octanol–water partition coefficient (Wildman–Crippen LogP) is 6.03. The number of benzene rings is 3. The maximum absolute atomic E-state index is 13.3. The Kier molecular flexibility index (Phi) is 6.00. The van der Waals surface area contributed by atoms with Crippen LogP contribution in [0.15, 0.2) is 60.7 Å². The Labute approximate surface area is 176 Å². The number of rotatable bonds is 5. The zero-order valence-electron chi connectivity index (χ0n) is 17.1. The number of likely N-dealkylation sites (tertiary alicyclic amines) is 1. The first-order valence-electron chi connectivity index (χ1n) is 10.3. The number of nitrogen functional groups attached to an aromatic ring is 1. The highest BCUT2D eigenvalue weighted by Gasteiger charge is 2.22. The molecule has 3 nitrogen and oxygen atoms in total. The molecule has 0 atom stereocenters. The molecule has 156 valence electrons. The van der Waals surface area contributed by atoms with Crippen LogP contribution in [0.4, 0.5) is 14.5 Å². The highest BCUT2D eigenvalue weighted by Crippen LogP contribution is 2.32. The molecule has 5 heteroatoms. The Balaban J connectivity index is 1.32. The van der Waals surface area contributed by atoms with Crippen LogP contribution in [-0.4, -0.2) is 18.0 Å². The van der Waals surface area contributed by atoms with Crippen molar-refractivity contribution < 1.29 is 13.5 Å². The minimum atomic E-state index is -0.916. The van der Waals surface area contributed by atoms with Crippen LogP contribution >= 0.6 is 0 Å². The van der Waals surface area contributed by atoms with Crippen molar-refractivity contribution in [2.24, 2.45) is 0 Å². The van der Waals surface area contributed by atoms with Gasteiger partial charge in [-0.3, -0.25) is 4.90 Å². The summed E-state index contributed by atoms with van der Waals surface area (Å²) in [6, 6.07) is 17.5. The molecule has 2 N–H and O–H groups in total. The number of nitrogens with zero attached hydrogens (tertiary/aromatic N) is 1. The van der Waals surface area contributed by atoms with E-state index in [9.17, 15) is 8.78 Å². The molecule has 3 aromatic carbocycles. The Hall–Kier alpha value is -2.92. The molecule has 0 bridgehead atoms. The summed E-state index contributed by atoms with van der Waals surface area (Å²) in [5.74, 6) is -0.355. The van der Waals surface area contributed by atoms with Gasteiger partial charge in [0.15, 0.2) is 11.6 Å². The molecule has 1 aliphatic heterocycles. The van der Waals surface area contributed by atoms with E-state index < -0.39 is 11.6 Å². The van der Waals surface area contributed by atoms with Gasteiger partial charge < -0.3 is 10.5 Å². The molecule has 4 rings (SSSR count). The van der Waals surface area contributed by atoms with Crippen molar-refractivity contribution in [2.75, 3.05) is 18.8 Å². The molecular formula is C25H26F2N2O. The molecule has 1 aliphatic rings. The van der Waals surface area contributed by atoms with Gasteiger partial charge in [0.25, 0.3) is 0 Å². The number of anilines is 1. The highest BCUT2D eigenvalue weighted by atomic mass is 19.2. The predicted molar refractivity (Wildman–Crippen MR) is 116 cm³/mol. The first-order chi connectivity index (χ1) is 14.5. The van der Waals surface area contributed by atoms with Crippen molar-refractivity contribution in [1.29, 1.82) is 0 Å². The molecule has 1 saturated heterocycles. The molecule has 30 heavy (non-hydrogen) atoms. The molecule has 1 heterocycles. The number of hydrogen-bond donors (Lipinski definition) is 1. The Morgan fingerprint density at radius 1 is 0.900 bits per heavy atom. The minimum absolute atomic E-state index is 0.278. The fraction of sp³-hybridized carbons (Fsp3) is 0.280. The molecule has 0 saturated carbocycles. The van der Waals surface area contributed by atoms with Crippen LogP contribution in [-0.2, 0) is 6.54 Å². The summed E-state index contributed by atoms with van der Waals surface area (Å²) in [6.45, 7) is 5.14. The largest absolute Gasteiger partial charge is 0.457 e. The lowest BCUT2D eigenvalue weighted by molar-refractivity contribution is 0.204. The summed E-state index contributed by atoms with van der Waals surface area (Å²) in [4.78, 5) is 2.46. The van der Waals surface area contributed by atoms with Crippen LogP contribution < -0.4 is 10.5 Å². The Morgan fingerprint density at radius 3 is 2.30 bits per heavy atom. The molecule has 0 spiro atoms. The third kappa shape index (κ3) is 4.79. The number of aryl methyl sites for hydroxylation is 1. The van der Waals surface area contributed by atoms with E-state index in [0.29, 0.717) is 11.7 Å². The second-order valence-electron chi connectivity index (χ2n) is 7.99. The standard InChI is InChI=1S/C25H26F2N2O/c1-17-2-5-20(28)14-23(17)19-10-12-29(13-11-19)16-18-3-6-21(7-4-18)30-22-8-9-24(26)25(27)15-22/h2-9,14-15,19H,10-13,16,28H2,1H3. The lowest BCUT2D eigenvalue weighted by atomic mass is 9.86. The molecule has 0 aliphatic carbocycles. The van der Waals surface area contributed by atoms with Gasteiger partial charge in [0.1, 0.15) is 11.5 Å². The van der Waals surface area contributed by atoms with Crippen molar-refractivity contribution in [3.8, 4) is 11.5 Å². The lowest BCUT2D eigenvalue weighted by Crippen LogP contribution is -2.32. The topological polar surface area (TPSA) is 38.5 Å². The number of nitrogens with two attached hydrogens (primary N) is 1. The smallest absolute Gasteiger partial charge is 0.162 e. The van der Waals surface area contributed by atoms with Gasteiger partial charge in [-0.05, 0) is 91.9 Å². The van der Waals surface area contributed by atoms with Crippen molar-refractivity contribution in [3.63, 3.8) is 0 Å². The van der Waals surface area contributed by atoms with E-state index in [4.69, 9.17) is 10.5 Å². The van der Waals surface area contributed by atoms with Gasteiger partial charge in [-0.2, -0.15) is 0 Å². The van der Waals surface area contributed by atoms with Crippen molar-refractivity contribution in [2.45, 2.75) is 32.2 Å². The van der Waals surface area contributed by atoms with Crippen LogP contribution in [0.1, 0.15) is 35.4 Å². The molecular weight excluding hydrogens is 382 g/mol. The first-order valence-corrected chi connectivity index (χ1v) is 10.3. The number of ether oxygens (including phenoxy) is 1. The third-order valence-electron chi connectivity index (χ3n) is 5.79. The Bertz CT molecular complexity index is 1010. The third-order valence-corrected chi connectivity index (χ3v) is 5.79. The maximum atomic E-state index is 13.3. The van der Waals surface area contributed by atoms with Gasteiger partial charge in [0, 0.05) is 18.3 Å². The van der Waals surface area contributed by atoms with E-state index in [1.54, 1.807) is 0 Å². The molecule has 0 unspecified atom stereocenters. The van der Waals surface area contributed by atoms with Crippen molar-refractivity contribution >= 4 is 5.69 Å². The monoisotopic (exact) mass is 408 g/mol. The maximum Gasteiger partial charge on any atom is 0.162 e. The summed E-state index contributed by atoms with van der Waals surface area (Å²) >= 11 is 0. The summed E-state index contributed by atoms with van der Waals surface area (Å²) in [6.07, 6.45) is 2.25. The minimum Gasteiger partial charge on any atom is -0.457 e. The van der Waals surface area contributed by atoms with Gasteiger partial charge in [0.05, 0.1) is 0 Å². The molecule has 1 fully saturated rings. The summed E-state index contributed by atoms with van der Waals surface area (Å²) in [5.41, 5.74) is 10.7. The average Bonchev–Trinajstić information content (AvgIpc) is 2.75. The van der Waals surface area contributed by atoms with Crippen LogP contribution in [0, 0.1) is 18.6 Å². The quantitative estimate of drug-likeness (QED) is 0.524. The zero-order valence-corrected chi connectivity index (χ0v) is 17.1. The van der Waals surface area contributed by atoms with Crippen molar-refractivity contribution in [3.05, 3.63) is 89.0 Å². The fourth-order valence-electron chi connectivity index (χ4n) is 4.10. The van der Waals surface area contributed by atoms with Crippen LogP contribution in [0.2, 0.25) is 0 Å². The summed E-state index contributed by atoms with van der Waals surface area (Å²) in [7, 11) is 0. The Morgan fingerprint density at radius 2 is 1.60 bits per heavy atom. The zero-order chi connectivity index (χ0) is 21.1. The normalized spacial score (nSPS) is 15.3. The average molecular weight is 408 g/mol. The number of piperidine rings is 1. The first kappa shape index (κ1) is 20.4. The van der Waals surface area contributed by atoms with Gasteiger partial charge in [-0.1, -0.05) is 18.2 Å². The molecule has 0 radical (unpaired) electrons. The van der Waals surface area contributed by atoms with E-state index in [1.165, 1.54) is 22.8 Å². The van der Waals surface area contributed by atoms with Gasteiger partial charge in [0.2, 0.25) is 0 Å². The SMILES string of the molecule is Cc1ccc(N)cc1C1CCN(Cc2ccc(Oc3ccc(F)c(F)c3)cc2)CC1. The fourth-order valence-corrected chi connectivity index (χ4v) is 4.10. The van der Waals surface area contributed by atoms with E-state index in [1.807, 2.05) is 30.3 Å². The molecule has 3 aromatic rings. The van der Waals surface area contributed by atoms with Crippen LogP contribution in [0.25, 0.3) is 0 Å². The van der Waals surface area contributed by atoms with E-state index in [0.717, 1.165) is 50.3 Å². The van der Waals surface area contributed by atoms with Crippen molar-refractivity contribution in [1.82, 2.24) is 4.90 Å². The molecule has 0 amide bonds. The van der Waals surface area contributed by atoms with E-state index in [-0.39, 0.29) is 5.75 Å². The molecule has 0 aromatic heterocycles. The number of halogens is 2. The van der Waals surface area contributed by atoms with Gasteiger partial charge in [-0.25, -0.2) is 8.78 Å². The lowest BCUT2D eigenvalue weighted by Gasteiger charge is -2.33. The van der Waals surface area contributed by atoms with Crippen LogP contribution in [0.5, 0.6) is 11.5 Å². The van der Waals surface area contributed by atoms with Gasteiger partial charge >= 0.3 is 0 Å².